The van der Waals surface area contributed by atoms with Gasteiger partial charge < -0.3 is 4.74 Å². The van der Waals surface area contributed by atoms with Crippen LogP contribution in [-0.4, -0.2) is 34.7 Å². The summed E-state index contributed by atoms with van der Waals surface area (Å²) in [6.45, 7) is 4.01. The Balaban J connectivity index is 4.19. The second kappa shape index (κ2) is 6.74. The van der Waals surface area contributed by atoms with Crippen LogP contribution in [0.3, 0.4) is 0 Å². The van der Waals surface area contributed by atoms with Crippen molar-refractivity contribution in [2.75, 3.05) is 20.3 Å². The van der Waals surface area contributed by atoms with Gasteiger partial charge in [0, 0.05) is 13.7 Å². The summed E-state index contributed by atoms with van der Waals surface area (Å²) >= 11 is 0. The molecule has 0 aromatic carbocycles. The Kier molecular flexibility index (Phi) is 6.43. The van der Waals surface area contributed by atoms with Gasteiger partial charge in [0.25, 0.3) is 10.2 Å². The molecule has 0 aliphatic rings. The Labute approximate surface area is 90.8 Å². The molecule has 0 radical (unpaired) electrons. The van der Waals surface area contributed by atoms with Gasteiger partial charge in [-0.1, -0.05) is 13.8 Å². The number of rotatable bonds is 7. The van der Waals surface area contributed by atoms with Crippen molar-refractivity contribution < 1.29 is 13.2 Å². The zero-order chi connectivity index (χ0) is 11.9. The molecule has 15 heavy (non-hydrogen) atoms. The molecule has 0 rings (SSSR count). The minimum Gasteiger partial charge on any atom is -0.383 e. The molecule has 0 aromatic heterocycles. The van der Waals surface area contributed by atoms with E-state index >= 15 is 0 Å². The van der Waals surface area contributed by atoms with Gasteiger partial charge >= 0.3 is 0 Å². The van der Waals surface area contributed by atoms with Crippen molar-refractivity contribution in [3.8, 4) is 6.07 Å². The molecule has 0 aromatic rings. The number of ether oxygens (including phenoxy) is 1. The van der Waals surface area contributed by atoms with E-state index in [1.165, 1.54) is 7.11 Å². The van der Waals surface area contributed by atoms with Crippen LogP contribution in [-0.2, 0) is 14.9 Å². The van der Waals surface area contributed by atoms with Gasteiger partial charge in [0.05, 0.1) is 12.7 Å². The van der Waals surface area contributed by atoms with E-state index in [1.807, 2.05) is 6.07 Å². The van der Waals surface area contributed by atoms with E-state index in [-0.39, 0.29) is 12.5 Å². The molecule has 6 nitrogen and oxygen atoms in total. The SMILES string of the molecule is COCCNS(=O)(=O)NC(C#N)C(C)C. The van der Waals surface area contributed by atoms with Gasteiger partial charge in [0.2, 0.25) is 0 Å². The van der Waals surface area contributed by atoms with E-state index in [0.29, 0.717) is 6.61 Å². The lowest BCUT2D eigenvalue weighted by atomic mass is 10.1. The van der Waals surface area contributed by atoms with E-state index in [2.05, 4.69) is 9.44 Å². The maximum absolute atomic E-state index is 11.4. The zero-order valence-electron chi connectivity index (χ0n) is 9.15. The van der Waals surface area contributed by atoms with E-state index in [1.54, 1.807) is 13.8 Å². The van der Waals surface area contributed by atoms with Crippen molar-refractivity contribution in [2.45, 2.75) is 19.9 Å². The maximum atomic E-state index is 11.4. The molecular weight excluding hydrogens is 218 g/mol. The van der Waals surface area contributed by atoms with Crippen LogP contribution in [0.15, 0.2) is 0 Å². The first-order valence-electron chi connectivity index (χ1n) is 4.58. The minimum atomic E-state index is -3.61. The second-order valence-electron chi connectivity index (χ2n) is 3.36. The Hall–Kier alpha value is -0.680. The molecule has 0 aliphatic heterocycles. The third kappa shape index (κ3) is 6.41. The third-order valence-corrected chi connectivity index (χ3v) is 2.83. The molecule has 1 unspecified atom stereocenters. The molecule has 88 valence electrons. The number of hydrogen-bond acceptors (Lipinski definition) is 4. The summed E-state index contributed by atoms with van der Waals surface area (Å²) in [5, 5.41) is 8.70. The van der Waals surface area contributed by atoms with Crippen molar-refractivity contribution in [1.29, 1.82) is 5.26 Å². The normalized spacial score (nSPS) is 13.8. The lowest BCUT2D eigenvalue weighted by Crippen LogP contribution is -2.45. The molecule has 0 bridgehead atoms. The number of methoxy groups -OCH3 is 1. The molecule has 1 atom stereocenters. The van der Waals surface area contributed by atoms with Gasteiger partial charge in [-0.25, -0.2) is 0 Å². The van der Waals surface area contributed by atoms with Crippen LogP contribution in [0.1, 0.15) is 13.8 Å². The van der Waals surface area contributed by atoms with E-state index < -0.39 is 16.3 Å². The van der Waals surface area contributed by atoms with Gasteiger partial charge in [-0.15, -0.1) is 0 Å². The van der Waals surface area contributed by atoms with Crippen molar-refractivity contribution in [2.24, 2.45) is 5.92 Å². The average molecular weight is 235 g/mol. The fourth-order valence-corrected chi connectivity index (χ4v) is 1.89. The molecule has 0 spiro atoms. The smallest absolute Gasteiger partial charge is 0.278 e. The van der Waals surface area contributed by atoms with Crippen molar-refractivity contribution in [1.82, 2.24) is 9.44 Å². The molecule has 7 heteroatoms. The van der Waals surface area contributed by atoms with Crippen LogP contribution in [0.4, 0.5) is 0 Å². The van der Waals surface area contributed by atoms with Crippen molar-refractivity contribution in [3.63, 3.8) is 0 Å². The summed E-state index contributed by atoms with van der Waals surface area (Å²) < 4.78 is 31.9. The quantitative estimate of drug-likeness (QED) is 0.588. The molecule has 0 saturated carbocycles. The fourth-order valence-electron chi connectivity index (χ4n) is 0.798. The molecule has 0 heterocycles. The van der Waals surface area contributed by atoms with Gasteiger partial charge in [-0.2, -0.15) is 23.1 Å². The Morgan fingerprint density at radius 2 is 2.07 bits per heavy atom. The lowest BCUT2D eigenvalue weighted by molar-refractivity contribution is 0.204. The van der Waals surface area contributed by atoms with Gasteiger partial charge in [0.15, 0.2) is 0 Å². The van der Waals surface area contributed by atoms with Crippen LogP contribution < -0.4 is 9.44 Å². The highest BCUT2D eigenvalue weighted by Gasteiger charge is 2.19. The van der Waals surface area contributed by atoms with Crippen molar-refractivity contribution >= 4 is 10.2 Å². The van der Waals surface area contributed by atoms with Crippen LogP contribution in [0, 0.1) is 17.2 Å². The highest BCUT2D eigenvalue weighted by atomic mass is 32.2. The van der Waals surface area contributed by atoms with Crippen LogP contribution in [0.2, 0.25) is 0 Å². The average Bonchev–Trinajstić information content (AvgIpc) is 2.14. The first-order chi connectivity index (χ1) is 6.93. The predicted octanol–water partition coefficient (Wildman–Crippen LogP) is -0.395. The highest BCUT2D eigenvalue weighted by molar-refractivity contribution is 7.87. The molecule has 0 aliphatic carbocycles. The minimum absolute atomic E-state index is 0.0750. The number of nitrogens with one attached hydrogen (secondary N) is 2. The number of nitrogens with zero attached hydrogens (tertiary/aromatic N) is 1. The molecule has 0 amide bonds. The standard InChI is InChI=1S/C8H17N3O3S/c1-7(2)8(6-9)11-15(12,13)10-4-5-14-3/h7-8,10-11H,4-5H2,1-3H3. The van der Waals surface area contributed by atoms with E-state index in [0.717, 1.165) is 0 Å². The maximum Gasteiger partial charge on any atom is 0.278 e. The van der Waals surface area contributed by atoms with E-state index in [9.17, 15) is 8.42 Å². The number of nitriles is 1. The monoisotopic (exact) mass is 235 g/mol. The Morgan fingerprint density at radius 3 is 2.47 bits per heavy atom. The Morgan fingerprint density at radius 1 is 1.47 bits per heavy atom. The second-order valence-corrected chi connectivity index (χ2v) is 4.89. The first-order valence-corrected chi connectivity index (χ1v) is 6.06. The Bertz CT molecular complexity index is 308. The van der Waals surface area contributed by atoms with Gasteiger partial charge in [-0.3, -0.25) is 0 Å². The van der Waals surface area contributed by atoms with Crippen LogP contribution in [0.5, 0.6) is 0 Å². The first kappa shape index (κ1) is 14.3. The largest absolute Gasteiger partial charge is 0.383 e. The van der Waals surface area contributed by atoms with Crippen molar-refractivity contribution in [3.05, 3.63) is 0 Å². The van der Waals surface area contributed by atoms with Crippen LogP contribution >= 0.6 is 0 Å². The molecule has 2 N–H and O–H groups in total. The lowest BCUT2D eigenvalue weighted by Gasteiger charge is -2.15. The van der Waals surface area contributed by atoms with Gasteiger partial charge in [-0.05, 0) is 5.92 Å². The molecule has 0 fully saturated rings. The summed E-state index contributed by atoms with van der Waals surface area (Å²) in [5.41, 5.74) is 0. The summed E-state index contributed by atoms with van der Waals surface area (Å²) in [4.78, 5) is 0. The molecular formula is C8H17N3O3S. The highest BCUT2D eigenvalue weighted by Crippen LogP contribution is 2.00. The van der Waals surface area contributed by atoms with Gasteiger partial charge in [0.1, 0.15) is 6.04 Å². The summed E-state index contributed by atoms with van der Waals surface area (Å²) in [7, 11) is -2.13. The third-order valence-electron chi connectivity index (χ3n) is 1.69. The fraction of sp³-hybridized carbons (Fsp3) is 0.875. The topological polar surface area (TPSA) is 91.2 Å². The van der Waals surface area contributed by atoms with Crippen LogP contribution in [0.25, 0.3) is 0 Å². The summed E-state index contributed by atoms with van der Waals surface area (Å²) in [5.74, 6) is -0.0750. The van der Waals surface area contributed by atoms with E-state index in [4.69, 9.17) is 10.00 Å². The predicted molar refractivity (Wildman–Crippen MR) is 56.2 cm³/mol. The molecule has 0 saturated heterocycles. The zero-order valence-corrected chi connectivity index (χ0v) is 9.97. The summed E-state index contributed by atoms with van der Waals surface area (Å²) in [6.07, 6.45) is 0. The number of hydrogen-bond donors (Lipinski definition) is 2. The summed E-state index contributed by atoms with van der Waals surface area (Å²) in [6, 6.07) is 1.17.